The van der Waals surface area contributed by atoms with Crippen LogP contribution >= 0.6 is 0 Å². The third-order valence-corrected chi connectivity index (χ3v) is 4.08. The molecule has 0 fully saturated rings. The molecule has 7 heteroatoms. The van der Waals surface area contributed by atoms with E-state index in [1.807, 2.05) is 30.3 Å². The number of benzene rings is 2. The fourth-order valence-corrected chi connectivity index (χ4v) is 3.02. The van der Waals surface area contributed by atoms with Crippen molar-refractivity contribution in [3.05, 3.63) is 53.2 Å². The molecule has 0 spiro atoms. The molecule has 2 atom stereocenters. The Morgan fingerprint density at radius 2 is 1.92 bits per heavy atom. The van der Waals surface area contributed by atoms with Crippen LogP contribution in [0.3, 0.4) is 0 Å². The van der Waals surface area contributed by atoms with Crippen molar-refractivity contribution in [2.45, 2.75) is 18.9 Å². The Hall–Kier alpha value is -3.09. The van der Waals surface area contributed by atoms with Crippen LogP contribution < -0.4 is 0 Å². The summed E-state index contributed by atoms with van der Waals surface area (Å²) in [6, 6.07) is 12.9. The van der Waals surface area contributed by atoms with Crippen molar-refractivity contribution >= 4 is 28.4 Å². The molecule has 3 rings (SSSR count). The van der Waals surface area contributed by atoms with Gasteiger partial charge in [0, 0.05) is 0 Å². The van der Waals surface area contributed by atoms with Crippen LogP contribution in [0.2, 0.25) is 0 Å². The van der Waals surface area contributed by atoms with E-state index in [9.17, 15) is 14.8 Å². The highest BCUT2D eigenvalue weighted by molar-refractivity contribution is 6.37. The van der Waals surface area contributed by atoms with Crippen molar-refractivity contribution in [2.24, 2.45) is 0 Å². The summed E-state index contributed by atoms with van der Waals surface area (Å²) < 4.78 is 9.71. The summed E-state index contributed by atoms with van der Waals surface area (Å²) in [5.41, 5.74) is 0.340. The van der Waals surface area contributed by atoms with Crippen LogP contribution in [0.25, 0.3) is 10.8 Å². The molecule has 0 radical (unpaired) electrons. The Bertz CT molecular complexity index is 854. The second-order valence-corrected chi connectivity index (χ2v) is 5.46. The van der Waals surface area contributed by atoms with E-state index in [-0.39, 0.29) is 17.2 Å². The minimum atomic E-state index is -1.25. The minimum Gasteiger partial charge on any atom is -0.465 e. The Morgan fingerprint density at radius 3 is 2.64 bits per heavy atom. The summed E-state index contributed by atoms with van der Waals surface area (Å²) in [6.07, 6.45) is -1.25. The highest BCUT2D eigenvalue weighted by Gasteiger charge is 2.50. The Labute approximate surface area is 143 Å². The molecular formula is C18H17NO6. The molecule has 2 aromatic carbocycles. The molecule has 130 valence electrons. The van der Waals surface area contributed by atoms with Crippen molar-refractivity contribution in [1.29, 1.82) is 0 Å². The topological polar surface area (TPSA) is 87.9 Å². The van der Waals surface area contributed by atoms with E-state index in [0.29, 0.717) is 5.56 Å². The SMILES string of the molecule is CCOC(=O)[C@@H]1O[N+]([O-])=C(C(=O)OC)[C@H]1c1cccc2ccccc12. The van der Waals surface area contributed by atoms with Gasteiger partial charge in [-0.3, -0.25) is 10.0 Å². The molecule has 0 N–H and O–H groups in total. The minimum absolute atomic E-state index is 0.0554. The predicted octanol–water partition coefficient (Wildman–Crippen LogP) is 1.92. The Morgan fingerprint density at radius 1 is 1.20 bits per heavy atom. The third kappa shape index (κ3) is 2.88. The number of nitrogens with zero attached hydrogens (tertiary/aromatic N) is 1. The summed E-state index contributed by atoms with van der Waals surface area (Å²) in [5.74, 6) is -2.48. The molecule has 0 saturated heterocycles. The van der Waals surface area contributed by atoms with Crippen LogP contribution in [0.4, 0.5) is 0 Å². The Balaban J connectivity index is 2.17. The lowest BCUT2D eigenvalue weighted by molar-refractivity contribution is -0.736. The van der Waals surface area contributed by atoms with Gasteiger partial charge in [0.1, 0.15) is 5.92 Å². The lowest BCUT2D eigenvalue weighted by atomic mass is 9.86. The van der Waals surface area contributed by atoms with Gasteiger partial charge in [-0.1, -0.05) is 42.5 Å². The number of ether oxygens (including phenoxy) is 2. The monoisotopic (exact) mass is 343 g/mol. The maximum Gasteiger partial charge on any atom is 0.405 e. The molecule has 25 heavy (non-hydrogen) atoms. The Kier molecular flexibility index (Phi) is 4.56. The van der Waals surface area contributed by atoms with Crippen LogP contribution in [-0.2, 0) is 23.9 Å². The van der Waals surface area contributed by atoms with E-state index in [2.05, 4.69) is 0 Å². The normalized spacial score (nSPS) is 19.6. The van der Waals surface area contributed by atoms with Crippen LogP contribution in [0.1, 0.15) is 18.4 Å². The molecule has 0 bridgehead atoms. The summed E-state index contributed by atoms with van der Waals surface area (Å²) in [6.45, 7) is 1.78. The second kappa shape index (κ2) is 6.80. The van der Waals surface area contributed by atoms with Crippen molar-refractivity contribution in [3.8, 4) is 0 Å². The van der Waals surface area contributed by atoms with Crippen LogP contribution in [-0.4, -0.2) is 42.4 Å². The maximum absolute atomic E-state index is 12.3. The average Bonchev–Trinajstić information content (AvgIpc) is 2.98. The molecule has 1 heterocycles. The lowest BCUT2D eigenvalue weighted by Crippen LogP contribution is -2.34. The first-order valence-corrected chi connectivity index (χ1v) is 7.82. The van der Waals surface area contributed by atoms with Crippen LogP contribution in [0, 0.1) is 5.21 Å². The number of fused-ring (bicyclic) bond motifs is 1. The number of methoxy groups -OCH3 is 1. The van der Waals surface area contributed by atoms with Crippen LogP contribution in [0.5, 0.6) is 0 Å². The lowest BCUT2D eigenvalue weighted by Gasteiger charge is -2.18. The quantitative estimate of drug-likeness (QED) is 0.623. The molecule has 1 aliphatic heterocycles. The highest BCUT2D eigenvalue weighted by atomic mass is 16.9. The van der Waals surface area contributed by atoms with Gasteiger partial charge in [-0.05, 0) is 23.3 Å². The first-order valence-electron chi connectivity index (χ1n) is 7.82. The summed E-state index contributed by atoms with van der Waals surface area (Å²) in [4.78, 5) is 29.6. The number of hydrogen-bond acceptors (Lipinski definition) is 6. The first kappa shape index (κ1) is 16.8. The molecular weight excluding hydrogens is 326 g/mol. The van der Waals surface area contributed by atoms with Gasteiger partial charge < -0.3 is 14.3 Å². The summed E-state index contributed by atoms with van der Waals surface area (Å²) in [5, 5.41) is 13.9. The van der Waals surface area contributed by atoms with Crippen molar-refractivity contribution in [1.82, 2.24) is 0 Å². The van der Waals surface area contributed by atoms with Crippen molar-refractivity contribution in [3.63, 3.8) is 0 Å². The van der Waals surface area contributed by atoms with Crippen molar-refractivity contribution < 1.29 is 28.8 Å². The molecule has 7 nitrogen and oxygen atoms in total. The second-order valence-electron chi connectivity index (χ2n) is 5.46. The maximum atomic E-state index is 12.3. The molecule has 0 amide bonds. The highest BCUT2D eigenvalue weighted by Crippen LogP contribution is 2.34. The van der Waals surface area contributed by atoms with Gasteiger partial charge in [0.2, 0.25) is 0 Å². The predicted molar refractivity (Wildman–Crippen MR) is 88.8 cm³/mol. The van der Waals surface area contributed by atoms with Gasteiger partial charge in [-0.15, -0.1) is 0 Å². The van der Waals surface area contributed by atoms with Gasteiger partial charge in [0.05, 0.1) is 18.6 Å². The van der Waals surface area contributed by atoms with Crippen molar-refractivity contribution in [2.75, 3.05) is 13.7 Å². The van der Waals surface area contributed by atoms with Crippen LogP contribution in [0.15, 0.2) is 42.5 Å². The van der Waals surface area contributed by atoms with Gasteiger partial charge in [-0.2, -0.15) is 0 Å². The fraction of sp³-hybridized carbons (Fsp3) is 0.278. The van der Waals surface area contributed by atoms with E-state index >= 15 is 0 Å². The van der Waals surface area contributed by atoms with E-state index in [1.54, 1.807) is 19.1 Å². The smallest absolute Gasteiger partial charge is 0.405 e. The number of esters is 2. The largest absolute Gasteiger partial charge is 0.465 e. The number of carbonyl (C=O) groups is 2. The molecule has 0 aromatic heterocycles. The number of rotatable bonds is 4. The zero-order chi connectivity index (χ0) is 18.0. The van der Waals surface area contributed by atoms with Gasteiger partial charge in [0.25, 0.3) is 0 Å². The van der Waals surface area contributed by atoms with E-state index in [0.717, 1.165) is 10.8 Å². The molecule has 0 aliphatic carbocycles. The number of carbonyl (C=O) groups excluding carboxylic acids is 2. The van der Waals surface area contributed by atoms with Gasteiger partial charge >= 0.3 is 17.7 Å². The number of hydrogen-bond donors (Lipinski definition) is 0. The third-order valence-electron chi connectivity index (χ3n) is 4.08. The molecule has 0 unspecified atom stereocenters. The van der Waals surface area contributed by atoms with E-state index in [4.69, 9.17) is 14.3 Å². The average molecular weight is 343 g/mol. The zero-order valence-corrected chi connectivity index (χ0v) is 13.8. The first-order chi connectivity index (χ1) is 12.1. The zero-order valence-electron chi connectivity index (χ0n) is 13.8. The van der Waals surface area contributed by atoms with E-state index in [1.165, 1.54) is 7.11 Å². The fourth-order valence-electron chi connectivity index (χ4n) is 3.02. The molecule has 1 aliphatic rings. The summed E-state index contributed by atoms with van der Waals surface area (Å²) >= 11 is 0. The van der Waals surface area contributed by atoms with Gasteiger partial charge in [-0.25, -0.2) is 4.79 Å². The standard InChI is InChI=1S/C18H17NO6/c1-3-24-18(21)16-14(15(17(20)23-2)19(22)25-16)13-10-6-8-11-7-4-5-9-12(11)13/h4-10,14,16H,3H2,1-2H3/t14-,16-/m1/s1. The van der Waals surface area contributed by atoms with Gasteiger partial charge in [0.15, 0.2) is 6.10 Å². The molecule has 0 saturated carbocycles. The van der Waals surface area contributed by atoms with E-state index < -0.39 is 24.0 Å². The summed E-state index contributed by atoms with van der Waals surface area (Å²) in [7, 11) is 1.17. The molecule has 2 aromatic rings.